The maximum atomic E-state index is 13.4. The highest BCUT2D eigenvalue weighted by Crippen LogP contribution is 2.59. The van der Waals surface area contributed by atoms with Crippen LogP contribution < -0.4 is 5.73 Å². The highest BCUT2D eigenvalue weighted by molar-refractivity contribution is 8.77. The van der Waals surface area contributed by atoms with E-state index in [1.165, 1.54) is 6.33 Å². The lowest BCUT2D eigenvalue weighted by Gasteiger charge is -2.32. The number of phosphoric ester groups is 1. The lowest BCUT2D eigenvalue weighted by molar-refractivity contribution is -0.0261. The minimum absolute atomic E-state index is 0.105. The Morgan fingerprint density at radius 3 is 2.92 bits per heavy atom. The summed E-state index contributed by atoms with van der Waals surface area (Å²) in [6, 6.07) is 8.16. The van der Waals surface area contributed by atoms with Crippen LogP contribution in [0.1, 0.15) is 44.9 Å². The van der Waals surface area contributed by atoms with Crippen molar-refractivity contribution in [3.63, 3.8) is 0 Å². The number of aliphatic imine (C=N–C) groups is 1. The fourth-order valence-electron chi connectivity index (χ4n) is 4.83. The third kappa shape index (κ3) is 7.22. The second-order valence-corrected chi connectivity index (χ2v) is 16.9. The van der Waals surface area contributed by atoms with Crippen molar-refractivity contribution in [2.24, 2.45) is 10.9 Å². The Labute approximate surface area is 241 Å². The van der Waals surface area contributed by atoms with E-state index in [9.17, 15) is 9.67 Å². The molecule has 3 aliphatic heterocycles. The van der Waals surface area contributed by atoms with Crippen molar-refractivity contribution in [1.82, 2.24) is 9.97 Å². The van der Waals surface area contributed by atoms with Crippen molar-refractivity contribution in [3.05, 3.63) is 41.9 Å². The molecule has 2 aromatic rings. The number of hydrogen-bond donors (Lipinski definition) is 2. The van der Waals surface area contributed by atoms with Gasteiger partial charge in [0.1, 0.15) is 18.1 Å². The Kier molecular flexibility index (Phi) is 9.35. The number of fused-ring (bicyclic) bond motifs is 2. The van der Waals surface area contributed by atoms with Gasteiger partial charge in [0.2, 0.25) is 0 Å². The first-order chi connectivity index (χ1) is 18.6. The summed E-state index contributed by atoms with van der Waals surface area (Å²) in [7, 11) is -0.247. The molecule has 1 aromatic heterocycles. The molecular formula is C26H35N4O5PS3. The zero-order valence-corrected chi connectivity index (χ0v) is 25.6. The second kappa shape index (κ2) is 12.4. The highest BCUT2D eigenvalue weighted by atomic mass is 33.1. The van der Waals surface area contributed by atoms with Crippen LogP contribution >= 0.6 is 41.2 Å². The lowest BCUT2D eigenvalue weighted by atomic mass is 9.89. The van der Waals surface area contributed by atoms with Gasteiger partial charge in [-0.1, -0.05) is 60.6 Å². The van der Waals surface area contributed by atoms with Gasteiger partial charge in [0.25, 0.3) is 0 Å². The molecule has 5 rings (SSSR count). The van der Waals surface area contributed by atoms with Gasteiger partial charge in [-0.25, -0.2) is 14.5 Å². The summed E-state index contributed by atoms with van der Waals surface area (Å²) in [6.07, 6.45) is 4.65. The van der Waals surface area contributed by atoms with Crippen molar-refractivity contribution >= 4 is 58.9 Å². The molecule has 3 aliphatic rings. The van der Waals surface area contributed by atoms with Crippen LogP contribution in [0.25, 0.3) is 0 Å². The average Bonchev–Trinajstić information content (AvgIpc) is 3.19. The number of rotatable bonds is 7. The molecule has 0 amide bonds. The summed E-state index contributed by atoms with van der Waals surface area (Å²) in [5.41, 5.74) is 8.54. The summed E-state index contributed by atoms with van der Waals surface area (Å²) in [6.45, 7) is 6.96. The largest absolute Gasteiger partial charge is 0.475 e. The first-order valence-corrected chi connectivity index (χ1v) is 17.6. The Balaban J connectivity index is 1.17. The minimum Gasteiger partial charge on any atom is -0.389 e. The van der Waals surface area contributed by atoms with Gasteiger partial charge >= 0.3 is 7.82 Å². The SMILES string of the molecule is CC(C)(C)SSc1ccccc1CCOP1(=O)OC[C@H]2S[C@@H](C3CC=Nc4c(N)ncnc4CC3)C(O)C2O1. The van der Waals surface area contributed by atoms with Crippen LogP contribution in [0.2, 0.25) is 0 Å². The summed E-state index contributed by atoms with van der Waals surface area (Å²) in [5.74, 6) is 0.524. The van der Waals surface area contributed by atoms with Crippen LogP contribution in [0.5, 0.6) is 0 Å². The van der Waals surface area contributed by atoms with E-state index in [0.717, 1.165) is 22.6 Å². The third-order valence-corrected chi connectivity index (χ3v) is 13.4. The monoisotopic (exact) mass is 610 g/mol. The van der Waals surface area contributed by atoms with Gasteiger partial charge < -0.3 is 10.8 Å². The number of aromatic nitrogens is 2. The fourth-order valence-corrected chi connectivity index (χ4v) is 10.4. The number of anilines is 1. The molecule has 0 bridgehead atoms. The van der Waals surface area contributed by atoms with Gasteiger partial charge in [-0.2, -0.15) is 0 Å². The molecule has 3 N–H and O–H groups in total. The number of hydrogen-bond acceptors (Lipinski definition) is 12. The van der Waals surface area contributed by atoms with Gasteiger partial charge in [-0.3, -0.25) is 18.6 Å². The van der Waals surface area contributed by atoms with E-state index in [1.807, 2.05) is 18.3 Å². The van der Waals surface area contributed by atoms with Crippen molar-refractivity contribution in [3.8, 4) is 0 Å². The third-order valence-electron chi connectivity index (χ3n) is 6.77. The summed E-state index contributed by atoms with van der Waals surface area (Å²) < 4.78 is 30.7. The molecule has 4 unspecified atom stereocenters. The molecule has 6 atom stereocenters. The van der Waals surface area contributed by atoms with Crippen LogP contribution in [0.4, 0.5) is 11.5 Å². The van der Waals surface area contributed by atoms with Gasteiger partial charge in [0.15, 0.2) is 5.82 Å². The van der Waals surface area contributed by atoms with E-state index >= 15 is 0 Å². The van der Waals surface area contributed by atoms with Gasteiger partial charge in [-0.05, 0) is 43.2 Å². The Morgan fingerprint density at radius 2 is 2.10 bits per heavy atom. The number of aliphatic hydroxyl groups is 1. The Bertz CT molecular complexity index is 1250. The number of nitrogens with two attached hydrogens (primary N) is 1. The molecule has 9 nitrogen and oxygen atoms in total. The quantitative estimate of drug-likeness (QED) is 0.288. The normalized spacial score (nSPS) is 30.8. The number of aryl methyl sites for hydroxylation is 1. The van der Waals surface area contributed by atoms with E-state index < -0.39 is 20.0 Å². The Morgan fingerprint density at radius 1 is 1.28 bits per heavy atom. The molecule has 2 saturated heterocycles. The van der Waals surface area contributed by atoms with Crippen LogP contribution in [0.15, 0.2) is 40.5 Å². The second-order valence-electron chi connectivity index (χ2n) is 10.8. The number of phosphoric acid groups is 1. The van der Waals surface area contributed by atoms with E-state index in [2.05, 4.69) is 47.9 Å². The van der Waals surface area contributed by atoms with Crippen molar-refractivity contribution in [1.29, 1.82) is 0 Å². The maximum Gasteiger partial charge on any atom is 0.475 e. The van der Waals surface area contributed by atoms with Crippen molar-refractivity contribution < 1.29 is 23.2 Å². The van der Waals surface area contributed by atoms with Gasteiger partial charge in [0, 0.05) is 21.1 Å². The smallest absolute Gasteiger partial charge is 0.389 e. The van der Waals surface area contributed by atoms with Crippen LogP contribution in [0, 0.1) is 5.92 Å². The summed E-state index contributed by atoms with van der Waals surface area (Å²) in [4.78, 5) is 14.1. The standard InChI is InChI=1S/C26H35N4O5PS3/c1-26(2,3)39-38-19-7-5-4-6-16(19)11-13-33-36(32)34-14-20-23(35-36)22(31)24(37-20)17-8-9-18-21(28-12-10-17)25(27)30-15-29-18/h4-7,12,15,17,20,22-24,31H,8-11,13-14H2,1-3H3,(H2,27,29,30)/t17?,20-,22?,23?,24+,36?/m1/s1. The number of aliphatic hydroxyl groups excluding tert-OH is 1. The average molecular weight is 611 g/mol. The molecule has 0 aliphatic carbocycles. The molecule has 0 saturated carbocycles. The predicted octanol–water partition coefficient (Wildman–Crippen LogP) is 5.88. The number of benzene rings is 1. The van der Waals surface area contributed by atoms with Crippen LogP contribution in [-0.2, 0) is 31.0 Å². The van der Waals surface area contributed by atoms with Gasteiger partial charge in [-0.15, -0.1) is 11.8 Å². The molecule has 212 valence electrons. The number of nitrogen functional groups attached to an aromatic ring is 1. The van der Waals surface area contributed by atoms with Crippen molar-refractivity contribution in [2.75, 3.05) is 18.9 Å². The predicted molar refractivity (Wildman–Crippen MR) is 160 cm³/mol. The lowest BCUT2D eigenvalue weighted by Crippen LogP contribution is -2.41. The molecule has 0 spiro atoms. The molecular weight excluding hydrogens is 575 g/mol. The number of nitrogens with zero attached hydrogens (tertiary/aromatic N) is 3. The minimum atomic E-state index is -3.79. The van der Waals surface area contributed by atoms with Crippen molar-refractivity contribution in [2.45, 2.75) is 78.8 Å². The Hall–Kier alpha value is -1.11. The summed E-state index contributed by atoms with van der Waals surface area (Å²) >= 11 is 1.64. The highest BCUT2D eigenvalue weighted by Gasteiger charge is 2.53. The molecule has 39 heavy (non-hydrogen) atoms. The van der Waals surface area contributed by atoms with Crippen LogP contribution in [-0.4, -0.2) is 62.0 Å². The molecule has 4 heterocycles. The summed E-state index contributed by atoms with van der Waals surface area (Å²) in [5, 5.41) is 11.0. The van der Waals surface area contributed by atoms with Gasteiger partial charge in [0.05, 0.1) is 30.3 Å². The zero-order chi connectivity index (χ0) is 27.6. The zero-order valence-electron chi connectivity index (χ0n) is 22.3. The van der Waals surface area contributed by atoms with E-state index in [0.29, 0.717) is 30.8 Å². The first kappa shape index (κ1) is 29.4. The fraction of sp³-hybridized carbons (Fsp3) is 0.577. The first-order valence-electron chi connectivity index (χ1n) is 13.1. The maximum absolute atomic E-state index is 13.4. The molecule has 13 heteroatoms. The van der Waals surface area contributed by atoms with E-state index in [1.54, 1.807) is 33.3 Å². The molecule has 0 radical (unpaired) electrons. The number of thioether (sulfide) groups is 1. The molecule has 2 fully saturated rings. The van der Waals surface area contributed by atoms with E-state index in [4.69, 9.17) is 19.3 Å². The topological polar surface area (TPSA) is 129 Å². The van der Waals surface area contributed by atoms with Crippen LogP contribution in [0.3, 0.4) is 0 Å². The van der Waals surface area contributed by atoms with E-state index in [-0.39, 0.29) is 34.4 Å². The molecule has 1 aromatic carbocycles.